The zero-order valence-corrected chi connectivity index (χ0v) is 12.8. The van der Waals surface area contributed by atoms with Gasteiger partial charge in [0.05, 0.1) is 0 Å². The minimum absolute atomic E-state index is 0.0262. The topological polar surface area (TPSA) is 48.1 Å². The van der Waals surface area contributed by atoms with Gasteiger partial charge in [-0.2, -0.15) is 0 Å². The first kappa shape index (κ1) is 14.1. The molecule has 2 heterocycles. The summed E-state index contributed by atoms with van der Waals surface area (Å²) < 4.78 is 0. The monoisotopic (exact) mass is 285 g/mol. The summed E-state index contributed by atoms with van der Waals surface area (Å²) in [5.41, 5.74) is 2.02. The third-order valence-corrected chi connectivity index (χ3v) is 4.69. The van der Waals surface area contributed by atoms with Crippen LogP contribution in [-0.4, -0.2) is 42.5 Å². The summed E-state index contributed by atoms with van der Waals surface area (Å²) in [6.45, 7) is 5.25. The van der Waals surface area contributed by atoms with Crippen molar-refractivity contribution in [1.29, 1.82) is 0 Å². The van der Waals surface area contributed by atoms with Crippen molar-refractivity contribution in [2.45, 2.75) is 19.8 Å². The molecule has 0 spiro atoms. The Bertz CT molecular complexity index is 638. The smallest absolute Gasteiger partial charge is 0.251 e. The van der Waals surface area contributed by atoms with Crippen LogP contribution in [0.2, 0.25) is 0 Å². The molecule has 0 bridgehead atoms. The highest BCUT2D eigenvalue weighted by Crippen LogP contribution is 2.29. The zero-order chi connectivity index (χ0) is 14.9. The predicted octanol–water partition coefficient (Wildman–Crippen LogP) is 2.63. The number of H-pyrrole nitrogens is 1. The van der Waals surface area contributed by atoms with Gasteiger partial charge in [0, 0.05) is 29.2 Å². The SMILES string of the molecule is CN1CCC(C)(CNC(=O)c2ccc3[nH]ccc3c2)CC1. The van der Waals surface area contributed by atoms with E-state index < -0.39 is 0 Å². The number of nitrogens with zero attached hydrogens (tertiary/aromatic N) is 1. The van der Waals surface area contributed by atoms with Crippen LogP contribution < -0.4 is 5.32 Å². The third-order valence-electron chi connectivity index (χ3n) is 4.69. The van der Waals surface area contributed by atoms with Gasteiger partial charge in [-0.25, -0.2) is 0 Å². The Hall–Kier alpha value is -1.81. The summed E-state index contributed by atoms with van der Waals surface area (Å²) in [6, 6.07) is 7.77. The second kappa shape index (κ2) is 5.53. The number of aromatic nitrogens is 1. The number of fused-ring (bicyclic) bond motifs is 1. The number of likely N-dealkylation sites (tertiary alicyclic amines) is 1. The maximum absolute atomic E-state index is 12.3. The number of carbonyl (C=O) groups excluding carboxylic acids is 1. The van der Waals surface area contributed by atoms with Gasteiger partial charge in [-0.05, 0) is 62.7 Å². The number of hydrogen-bond acceptors (Lipinski definition) is 2. The van der Waals surface area contributed by atoms with Crippen LogP contribution in [0.3, 0.4) is 0 Å². The first-order chi connectivity index (χ1) is 10.1. The van der Waals surface area contributed by atoms with Crippen LogP contribution in [0.5, 0.6) is 0 Å². The maximum atomic E-state index is 12.3. The fourth-order valence-electron chi connectivity index (χ4n) is 2.93. The number of piperidine rings is 1. The number of rotatable bonds is 3. The van der Waals surface area contributed by atoms with Gasteiger partial charge >= 0.3 is 0 Å². The molecule has 0 aliphatic carbocycles. The molecule has 1 aliphatic rings. The van der Waals surface area contributed by atoms with Gasteiger partial charge in [0.1, 0.15) is 0 Å². The quantitative estimate of drug-likeness (QED) is 0.910. The van der Waals surface area contributed by atoms with E-state index in [0.717, 1.165) is 48.9 Å². The normalized spacial score (nSPS) is 18.8. The van der Waals surface area contributed by atoms with Crippen LogP contribution in [0.4, 0.5) is 0 Å². The van der Waals surface area contributed by atoms with E-state index in [4.69, 9.17) is 0 Å². The van der Waals surface area contributed by atoms with Gasteiger partial charge in [-0.1, -0.05) is 6.92 Å². The van der Waals surface area contributed by atoms with Crippen molar-refractivity contribution in [1.82, 2.24) is 15.2 Å². The lowest BCUT2D eigenvalue weighted by Crippen LogP contribution is -2.43. The molecule has 0 atom stereocenters. The zero-order valence-electron chi connectivity index (χ0n) is 12.8. The molecule has 1 aromatic carbocycles. The first-order valence-corrected chi connectivity index (χ1v) is 7.60. The van der Waals surface area contributed by atoms with E-state index in [1.165, 1.54) is 0 Å². The lowest BCUT2D eigenvalue weighted by molar-refractivity contribution is 0.0891. The summed E-state index contributed by atoms with van der Waals surface area (Å²) in [6.07, 6.45) is 4.17. The summed E-state index contributed by atoms with van der Waals surface area (Å²) in [4.78, 5) is 17.8. The van der Waals surface area contributed by atoms with E-state index in [1.807, 2.05) is 30.5 Å². The second-order valence-corrected chi connectivity index (χ2v) is 6.58. The second-order valence-electron chi connectivity index (χ2n) is 6.58. The van der Waals surface area contributed by atoms with Crippen LogP contribution in [0.1, 0.15) is 30.1 Å². The molecule has 2 N–H and O–H groups in total. The molecule has 1 saturated heterocycles. The maximum Gasteiger partial charge on any atom is 0.251 e. The van der Waals surface area contributed by atoms with E-state index in [-0.39, 0.29) is 11.3 Å². The molecular formula is C17H23N3O. The lowest BCUT2D eigenvalue weighted by atomic mass is 9.80. The molecule has 1 fully saturated rings. The van der Waals surface area contributed by atoms with E-state index in [1.54, 1.807) is 0 Å². The summed E-state index contributed by atoms with van der Waals surface area (Å²) in [5.74, 6) is 0.0262. The van der Waals surface area contributed by atoms with Crippen molar-refractivity contribution in [2.75, 3.05) is 26.7 Å². The number of amides is 1. The average Bonchev–Trinajstić information content (AvgIpc) is 2.96. The fourth-order valence-corrected chi connectivity index (χ4v) is 2.93. The molecule has 112 valence electrons. The largest absolute Gasteiger partial charge is 0.361 e. The van der Waals surface area contributed by atoms with Gasteiger partial charge in [0.25, 0.3) is 5.91 Å². The molecule has 0 saturated carbocycles. The summed E-state index contributed by atoms with van der Waals surface area (Å²) in [7, 11) is 2.16. The minimum Gasteiger partial charge on any atom is -0.361 e. The summed E-state index contributed by atoms with van der Waals surface area (Å²) >= 11 is 0. The predicted molar refractivity (Wildman–Crippen MR) is 85.5 cm³/mol. The molecule has 1 amide bonds. The van der Waals surface area contributed by atoms with E-state index in [0.29, 0.717) is 0 Å². The third kappa shape index (κ3) is 3.10. The van der Waals surface area contributed by atoms with Gasteiger partial charge < -0.3 is 15.2 Å². The van der Waals surface area contributed by atoms with Gasteiger partial charge in [0.2, 0.25) is 0 Å². The van der Waals surface area contributed by atoms with E-state index in [2.05, 4.69) is 29.2 Å². The number of aromatic amines is 1. The van der Waals surface area contributed by atoms with Crippen LogP contribution in [0.15, 0.2) is 30.5 Å². The van der Waals surface area contributed by atoms with Crippen LogP contribution in [0.25, 0.3) is 10.9 Å². The number of benzene rings is 1. The Balaban J connectivity index is 1.63. The molecule has 1 aromatic heterocycles. The average molecular weight is 285 g/mol. The highest BCUT2D eigenvalue weighted by atomic mass is 16.1. The molecule has 3 rings (SSSR count). The van der Waals surface area contributed by atoms with E-state index in [9.17, 15) is 4.79 Å². The van der Waals surface area contributed by atoms with E-state index >= 15 is 0 Å². The molecule has 1 aliphatic heterocycles. The van der Waals surface area contributed by atoms with Gasteiger partial charge in [-0.3, -0.25) is 4.79 Å². The Labute approximate surface area is 125 Å². The van der Waals surface area contributed by atoms with Crippen molar-refractivity contribution < 1.29 is 4.79 Å². The van der Waals surface area contributed by atoms with Crippen molar-refractivity contribution in [3.05, 3.63) is 36.0 Å². The minimum atomic E-state index is 0.0262. The molecule has 0 radical (unpaired) electrons. The van der Waals surface area contributed by atoms with Gasteiger partial charge in [0.15, 0.2) is 0 Å². The van der Waals surface area contributed by atoms with Crippen molar-refractivity contribution in [3.8, 4) is 0 Å². The standard InChI is InChI=1S/C17H23N3O/c1-17(6-9-20(2)10-7-17)12-19-16(21)14-3-4-15-13(11-14)5-8-18-15/h3-5,8,11,18H,6-7,9-10,12H2,1-2H3,(H,19,21). The fraction of sp³-hybridized carbons (Fsp3) is 0.471. The Morgan fingerprint density at radius 1 is 1.33 bits per heavy atom. The Kier molecular flexibility index (Phi) is 3.72. The molecule has 2 aromatic rings. The first-order valence-electron chi connectivity index (χ1n) is 7.60. The number of nitrogens with one attached hydrogen (secondary N) is 2. The Morgan fingerprint density at radius 2 is 2.10 bits per heavy atom. The van der Waals surface area contributed by atoms with Crippen molar-refractivity contribution in [2.24, 2.45) is 5.41 Å². The molecule has 4 nitrogen and oxygen atoms in total. The van der Waals surface area contributed by atoms with Crippen LogP contribution in [-0.2, 0) is 0 Å². The van der Waals surface area contributed by atoms with Crippen LogP contribution >= 0.6 is 0 Å². The Morgan fingerprint density at radius 3 is 2.86 bits per heavy atom. The van der Waals surface area contributed by atoms with Crippen molar-refractivity contribution in [3.63, 3.8) is 0 Å². The molecule has 0 unspecified atom stereocenters. The molecule has 21 heavy (non-hydrogen) atoms. The molecule has 4 heteroatoms. The number of hydrogen-bond donors (Lipinski definition) is 2. The highest BCUT2D eigenvalue weighted by molar-refractivity contribution is 5.98. The highest BCUT2D eigenvalue weighted by Gasteiger charge is 2.29. The van der Waals surface area contributed by atoms with Gasteiger partial charge in [-0.15, -0.1) is 0 Å². The molecular weight excluding hydrogens is 262 g/mol. The van der Waals surface area contributed by atoms with Crippen molar-refractivity contribution >= 4 is 16.8 Å². The number of carbonyl (C=O) groups is 1. The lowest BCUT2D eigenvalue weighted by Gasteiger charge is -2.37. The summed E-state index contributed by atoms with van der Waals surface area (Å²) in [5, 5.41) is 4.19. The van der Waals surface area contributed by atoms with Crippen LogP contribution in [0, 0.1) is 5.41 Å².